The van der Waals surface area contributed by atoms with Crippen molar-refractivity contribution in [2.75, 3.05) is 5.43 Å². The predicted molar refractivity (Wildman–Crippen MR) is 81.4 cm³/mol. The molecular formula is C13H10ClFN4OS. The fourth-order valence-electron chi connectivity index (χ4n) is 1.81. The number of nitrogens with two attached hydrogens (primary N) is 1. The van der Waals surface area contributed by atoms with Crippen LogP contribution in [-0.4, -0.2) is 9.97 Å². The highest BCUT2D eigenvalue weighted by Gasteiger charge is 2.13. The van der Waals surface area contributed by atoms with Gasteiger partial charge in [0.1, 0.15) is 16.4 Å². The summed E-state index contributed by atoms with van der Waals surface area (Å²) in [6.07, 6.45) is 0. The first kappa shape index (κ1) is 14.0. The van der Waals surface area contributed by atoms with Crippen LogP contribution in [0.1, 0.15) is 4.88 Å². The van der Waals surface area contributed by atoms with Gasteiger partial charge in [0.2, 0.25) is 11.8 Å². The number of fused-ring (bicyclic) bond motifs is 1. The molecule has 3 N–H and O–H groups in total. The van der Waals surface area contributed by atoms with E-state index in [0.29, 0.717) is 11.6 Å². The van der Waals surface area contributed by atoms with Gasteiger partial charge in [-0.3, -0.25) is 5.43 Å². The van der Waals surface area contributed by atoms with E-state index in [1.807, 2.05) is 13.0 Å². The standard InChI is InChI=1S/C13H10ClFN4OS/c1-6-4-8-11(17-13(19-16)18-12(8)21-6)20-7-2-3-9(14)10(15)5-7/h2-5H,16H2,1H3,(H,17,18,19). The summed E-state index contributed by atoms with van der Waals surface area (Å²) in [5.74, 6) is 5.62. The van der Waals surface area contributed by atoms with Crippen molar-refractivity contribution in [1.29, 1.82) is 0 Å². The molecule has 0 aliphatic rings. The number of nitrogens with one attached hydrogen (secondary N) is 1. The van der Waals surface area contributed by atoms with Crippen LogP contribution in [0.4, 0.5) is 10.3 Å². The fourth-order valence-corrected chi connectivity index (χ4v) is 2.80. The molecule has 1 aromatic carbocycles. The number of hydrazine groups is 1. The summed E-state index contributed by atoms with van der Waals surface area (Å²) >= 11 is 7.14. The lowest BCUT2D eigenvalue weighted by Gasteiger charge is -2.08. The number of aryl methyl sites for hydroxylation is 1. The molecule has 2 aromatic heterocycles. The van der Waals surface area contributed by atoms with Gasteiger partial charge in [0.05, 0.1) is 10.4 Å². The normalized spacial score (nSPS) is 10.9. The van der Waals surface area contributed by atoms with Gasteiger partial charge in [-0.05, 0) is 25.1 Å². The van der Waals surface area contributed by atoms with Crippen LogP contribution in [0.5, 0.6) is 11.6 Å². The zero-order valence-corrected chi connectivity index (χ0v) is 12.4. The minimum absolute atomic E-state index is 0.0332. The number of hydrogen-bond donors (Lipinski definition) is 2. The molecule has 0 aliphatic heterocycles. The van der Waals surface area contributed by atoms with Gasteiger partial charge in [-0.15, -0.1) is 11.3 Å². The monoisotopic (exact) mass is 324 g/mol. The van der Waals surface area contributed by atoms with E-state index in [4.69, 9.17) is 22.2 Å². The third kappa shape index (κ3) is 2.76. The Morgan fingerprint density at radius 2 is 2.14 bits per heavy atom. The summed E-state index contributed by atoms with van der Waals surface area (Å²) in [6.45, 7) is 1.95. The van der Waals surface area contributed by atoms with Crippen molar-refractivity contribution in [2.24, 2.45) is 5.84 Å². The molecule has 0 aliphatic carbocycles. The lowest BCUT2D eigenvalue weighted by atomic mass is 10.3. The molecule has 0 spiro atoms. The summed E-state index contributed by atoms with van der Waals surface area (Å²) in [5, 5.41) is 0.776. The van der Waals surface area contributed by atoms with Crippen molar-refractivity contribution in [3.8, 4) is 11.6 Å². The second-order valence-electron chi connectivity index (χ2n) is 4.25. The third-order valence-corrected chi connectivity index (χ3v) is 3.97. The summed E-state index contributed by atoms with van der Waals surface area (Å²) in [7, 11) is 0. The van der Waals surface area contributed by atoms with Crippen LogP contribution in [0, 0.1) is 12.7 Å². The van der Waals surface area contributed by atoms with Crippen molar-refractivity contribution >= 4 is 39.1 Å². The molecule has 0 saturated heterocycles. The topological polar surface area (TPSA) is 73.1 Å². The minimum atomic E-state index is -0.557. The minimum Gasteiger partial charge on any atom is -0.438 e. The average molecular weight is 325 g/mol. The molecule has 2 heterocycles. The molecule has 21 heavy (non-hydrogen) atoms. The van der Waals surface area contributed by atoms with E-state index in [1.165, 1.54) is 23.5 Å². The summed E-state index contributed by atoms with van der Waals surface area (Å²) in [5.41, 5.74) is 2.38. The first-order chi connectivity index (χ1) is 10.1. The molecule has 108 valence electrons. The van der Waals surface area contributed by atoms with Gasteiger partial charge in [-0.25, -0.2) is 15.2 Å². The number of nitrogens with zero attached hydrogens (tertiary/aromatic N) is 2. The first-order valence-electron chi connectivity index (χ1n) is 5.94. The Labute approximate surface area is 128 Å². The van der Waals surface area contributed by atoms with E-state index in [0.717, 1.165) is 15.1 Å². The number of rotatable bonds is 3. The molecule has 0 fully saturated rings. The lowest BCUT2D eigenvalue weighted by Crippen LogP contribution is -2.10. The van der Waals surface area contributed by atoms with Crippen LogP contribution in [0.25, 0.3) is 10.2 Å². The molecular weight excluding hydrogens is 315 g/mol. The molecule has 0 atom stereocenters. The van der Waals surface area contributed by atoms with E-state index < -0.39 is 5.82 Å². The van der Waals surface area contributed by atoms with Crippen molar-refractivity contribution in [1.82, 2.24) is 9.97 Å². The van der Waals surface area contributed by atoms with E-state index in [1.54, 1.807) is 6.07 Å². The molecule has 5 nitrogen and oxygen atoms in total. The Morgan fingerprint density at radius 1 is 1.33 bits per heavy atom. The van der Waals surface area contributed by atoms with Gasteiger partial charge in [-0.2, -0.15) is 4.98 Å². The molecule has 0 radical (unpaired) electrons. The Balaban J connectivity index is 2.07. The van der Waals surface area contributed by atoms with Crippen LogP contribution in [0.15, 0.2) is 24.3 Å². The van der Waals surface area contributed by atoms with Crippen molar-refractivity contribution in [3.05, 3.63) is 40.0 Å². The van der Waals surface area contributed by atoms with Gasteiger partial charge in [0, 0.05) is 10.9 Å². The number of halogens is 2. The number of anilines is 1. The third-order valence-electron chi connectivity index (χ3n) is 2.72. The molecule has 0 saturated carbocycles. The second kappa shape index (κ2) is 5.44. The number of aromatic nitrogens is 2. The molecule has 0 amide bonds. The summed E-state index contributed by atoms with van der Waals surface area (Å²) in [6, 6.07) is 6.09. The smallest absolute Gasteiger partial charge is 0.241 e. The largest absolute Gasteiger partial charge is 0.438 e. The van der Waals surface area contributed by atoms with Gasteiger partial charge < -0.3 is 4.74 Å². The highest BCUT2D eigenvalue weighted by atomic mass is 35.5. The Hall–Kier alpha value is -1.96. The van der Waals surface area contributed by atoms with Crippen LogP contribution in [0.3, 0.4) is 0 Å². The van der Waals surface area contributed by atoms with Crippen molar-refractivity contribution < 1.29 is 9.13 Å². The maximum absolute atomic E-state index is 13.5. The van der Waals surface area contributed by atoms with Crippen molar-refractivity contribution in [3.63, 3.8) is 0 Å². The number of benzene rings is 1. The Morgan fingerprint density at radius 3 is 2.86 bits per heavy atom. The number of nitrogen functional groups attached to an aromatic ring is 1. The van der Waals surface area contributed by atoms with Crippen LogP contribution in [0.2, 0.25) is 5.02 Å². The average Bonchev–Trinajstić information content (AvgIpc) is 2.83. The van der Waals surface area contributed by atoms with Crippen molar-refractivity contribution in [2.45, 2.75) is 6.92 Å². The molecule has 3 rings (SSSR count). The molecule has 0 bridgehead atoms. The van der Waals surface area contributed by atoms with Crippen LogP contribution >= 0.6 is 22.9 Å². The Bertz CT molecular complexity index is 823. The number of thiophene rings is 1. The van der Waals surface area contributed by atoms with Gasteiger partial charge in [0.15, 0.2) is 0 Å². The fraction of sp³-hybridized carbons (Fsp3) is 0.0769. The Kier molecular flexibility index (Phi) is 3.62. The number of hydrogen-bond acceptors (Lipinski definition) is 6. The highest BCUT2D eigenvalue weighted by molar-refractivity contribution is 7.18. The van der Waals surface area contributed by atoms with Crippen LogP contribution < -0.4 is 16.0 Å². The van der Waals surface area contributed by atoms with E-state index in [9.17, 15) is 4.39 Å². The van der Waals surface area contributed by atoms with Gasteiger partial charge >= 0.3 is 0 Å². The zero-order valence-electron chi connectivity index (χ0n) is 10.9. The maximum atomic E-state index is 13.5. The zero-order chi connectivity index (χ0) is 15.0. The lowest BCUT2D eigenvalue weighted by molar-refractivity contribution is 0.464. The molecule has 8 heteroatoms. The van der Waals surface area contributed by atoms with Gasteiger partial charge in [0.25, 0.3) is 0 Å². The summed E-state index contributed by atoms with van der Waals surface area (Å²) < 4.78 is 19.1. The number of ether oxygens (including phenoxy) is 1. The van der Waals surface area contributed by atoms with Crippen LogP contribution in [-0.2, 0) is 0 Å². The quantitative estimate of drug-likeness (QED) is 0.565. The van der Waals surface area contributed by atoms with Gasteiger partial charge in [-0.1, -0.05) is 11.6 Å². The second-order valence-corrected chi connectivity index (χ2v) is 5.89. The summed E-state index contributed by atoms with van der Waals surface area (Å²) in [4.78, 5) is 10.2. The SMILES string of the molecule is Cc1cc2c(Oc3ccc(Cl)c(F)c3)nc(NN)nc2s1. The maximum Gasteiger partial charge on any atom is 0.241 e. The predicted octanol–water partition coefficient (Wildman–Crippen LogP) is 3.87. The highest BCUT2D eigenvalue weighted by Crippen LogP contribution is 2.34. The van der Waals surface area contributed by atoms with E-state index >= 15 is 0 Å². The van der Waals surface area contributed by atoms with E-state index in [2.05, 4.69) is 15.4 Å². The molecule has 3 aromatic rings. The molecule has 0 unspecified atom stereocenters. The first-order valence-corrected chi connectivity index (χ1v) is 7.14. The van der Waals surface area contributed by atoms with E-state index in [-0.39, 0.29) is 11.0 Å².